The zero-order chi connectivity index (χ0) is 23.8. The van der Waals surface area contributed by atoms with Gasteiger partial charge in [0, 0.05) is 10.5 Å². The van der Waals surface area contributed by atoms with Crippen molar-refractivity contribution < 1.29 is 14.3 Å². The van der Waals surface area contributed by atoms with Crippen molar-refractivity contribution >= 4 is 50.5 Å². The summed E-state index contributed by atoms with van der Waals surface area (Å²) in [5, 5.41) is 12.7. The van der Waals surface area contributed by atoms with Crippen LogP contribution in [0.3, 0.4) is 0 Å². The van der Waals surface area contributed by atoms with Crippen LogP contribution in [0.15, 0.2) is 46.4 Å². The molecule has 0 aliphatic heterocycles. The van der Waals surface area contributed by atoms with Gasteiger partial charge in [0.15, 0.2) is 11.5 Å². The Morgan fingerprint density at radius 2 is 1.97 bits per heavy atom. The number of nitrogens with one attached hydrogen (secondary N) is 1. The molecule has 33 heavy (non-hydrogen) atoms. The smallest absolute Gasteiger partial charge is 0.262 e. The van der Waals surface area contributed by atoms with Gasteiger partial charge >= 0.3 is 0 Å². The van der Waals surface area contributed by atoms with Crippen LogP contribution in [0.1, 0.15) is 50.7 Å². The SMILES string of the molecule is CCOc1cc(/C=C(\C#N)C(=O)N[C@@H]2CCCC[C@@H]2C)cc(I)c1OCc1ccc(Br)cc1. The summed E-state index contributed by atoms with van der Waals surface area (Å²) in [5.74, 6) is 1.35. The van der Waals surface area contributed by atoms with E-state index in [4.69, 9.17) is 9.47 Å². The number of nitriles is 1. The molecule has 1 aliphatic rings. The zero-order valence-corrected chi connectivity index (χ0v) is 22.6. The fourth-order valence-electron chi connectivity index (χ4n) is 3.90. The number of benzene rings is 2. The predicted octanol–water partition coefficient (Wildman–Crippen LogP) is 6.63. The van der Waals surface area contributed by atoms with E-state index >= 15 is 0 Å². The molecule has 2 atom stereocenters. The van der Waals surface area contributed by atoms with Crippen LogP contribution >= 0.6 is 38.5 Å². The van der Waals surface area contributed by atoms with Crippen LogP contribution in [-0.4, -0.2) is 18.6 Å². The summed E-state index contributed by atoms with van der Waals surface area (Å²) < 4.78 is 13.8. The summed E-state index contributed by atoms with van der Waals surface area (Å²) in [5.41, 5.74) is 1.86. The molecular formula is C26H28BrIN2O3. The molecule has 0 saturated heterocycles. The number of halogens is 2. The molecular weight excluding hydrogens is 595 g/mol. The van der Waals surface area contributed by atoms with E-state index in [-0.39, 0.29) is 17.5 Å². The molecule has 7 heteroatoms. The molecule has 3 rings (SSSR count). The van der Waals surface area contributed by atoms with E-state index in [1.807, 2.05) is 43.3 Å². The lowest BCUT2D eigenvalue weighted by Crippen LogP contribution is -2.41. The van der Waals surface area contributed by atoms with Crippen molar-refractivity contribution in [2.24, 2.45) is 5.92 Å². The van der Waals surface area contributed by atoms with Crippen LogP contribution in [0.4, 0.5) is 0 Å². The summed E-state index contributed by atoms with van der Waals surface area (Å²) in [7, 11) is 0. The predicted molar refractivity (Wildman–Crippen MR) is 142 cm³/mol. The average Bonchev–Trinajstić information content (AvgIpc) is 2.79. The minimum atomic E-state index is -0.320. The molecule has 5 nitrogen and oxygen atoms in total. The Morgan fingerprint density at radius 3 is 2.64 bits per heavy atom. The Labute approximate surface area is 217 Å². The summed E-state index contributed by atoms with van der Waals surface area (Å²) >= 11 is 5.64. The molecule has 1 saturated carbocycles. The Kier molecular flexibility index (Phi) is 9.63. The molecule has 1 N–H and O–H groups in total. The molecule has 0 bridgehead atoms. The summed E-state index contributed by atoms with van der Waals surface area (Å²) in [6, 6.07) is 13.8. The molecule has 0 unspecified atom stereocenters. The number of carbonyl (C=O) groups is 1. The molecule has 174 valence electrons. The molecule has 2 aromatic rings. The number of hydrogen-bond donors (Lipinski definition) is 1. The molecule has 0 heterocycles. The van der Waals surface area contributed by atoms with Gasteiger partial charge in [0.25, 0.3) is 5.91 Å². The molecule has 1 amide bonds. The topological polar surface area (TPSA) is 71.3 Å². The third-order valence-corrected chi connectivity index (χ3v) is 7.06. The van der Waals surface area contributed by atoms with Gasteiger partial charge in [-0.25, -0.2) is 0 Å². The lowest BCUT2D eigenvalue weighted by atomic mass is 9.86. The number of hydrogen-bond acceptors (Lipinski definition) is 4. The second-order valence-electron chi connectivity index (χ2n) is 8.19. The lowest BCUT2D eigenvalue weighted by molar-refractivity contribution is -0.118. The Bertz CT molecular complexity index is 1050. The standard InChI is InChI=1S/C26H28BrIN2O3/c1-3-32-24-14-19(12-20(15-29)26(31)30-23-7-5-4-6-17(23)2)13-22(28)25(24)33-16-18-8-10-21(27)11-9-18/h8-14,17,23H,3-7,16H2,1-2H3,(H,30,31)/b20-12+/t17-,23+/m0/s1. The van der Waals surface area contributed by atoms with Crippen molar-refractivity contribution in [3.63, 3.8) is 0 Å². The van der Waals surface area contributed by atoms with Gasteiger partial charge in [0.05, 0.1) is 10.2 Å². The third kappa shape index (κ3) is 7.21. The minimum Gasteiger partial charge on any atom is -0.490 e. The molecule has 0 spiro atoms. The van der Waals surface area contributed by atoms with E-state index in [2.05, 4.69) is 56.8 Å². The fourth-order valence-corrected chi connectivity index (χ4v) is 4.95. The van der Waals surface area contributed by atoms with E-state index < -0.39 is 0 Å². The van der Waals surface area contributed by atoms with E-state index in [1.165, 1.54) is 6.42 Å². The molecule has 0 aromatic heterocycles. The third-order valence-electron chi connectivity index (χ3n) is 5.73. The van der Waals surface area contributed by atoms with Crippen LogP contribution in [0, 0.1) is 20.8 Å². The molecule has 2 aromatic carbocycles. The summed E-state index contributed by atoms with van der Waals surface area (Å²) in [6.45, 7) is 4.95. The Morgan fingerprint density at radius 1 is 1.24 bits per heavy atom. The van der Waals surface area contributed by atoms with E-state index in [1.54, 1.807) is 6.08 Å². The van der Waals surface area contributed by atoms with Crippen molar-refractivity contribution in [1.82, 2.24) is 5.32 Å². The van der Waals surface area contributed by atoms with Crippen LogP contribution in [0.5, 0.6) is 11.5 Å². The zero-order valence-electron chi connectivity index (χ0n) is 18.9. The second-order valence-corrected chi connectivity index (χ2v) is 10.3. The highest BCUT2D eigenvalue weighted by Crippen LogP contribution is 2.35. The number of carbonyl (C=O) groups excluding carboxylic acids is 1. The average molecular weight is 623 g/mol. The van der Waals surface area contributed by atoms with Crippen LogP contribution in [0.25, 0.3) is 6.08 Å². The Hall–Kier alpha value is -2.05. The molecule has 1 aliphatic carbocycles. The summed E-state index contributed by atoms with van der Waals surface area (Å²) in [6.07, 6.45) is 5.99. The van der Waals surface area contributed by atoms with Crippen LogP contribution in [-0.2, 0) is 11.4 Å². The van der Waals surface area contributed by atoms with Gasteiger partial charge in [-0.1, -0.05) is 47.8 Å². The first kappa shape index (κ1) is 25.6. The van der Waals surface area contributed by atoms with E-state index in [0.717, 1.165) is 38.4 Å². The number of amides is 1. The maximum absolute atomic E-state index is 12.8. The highest BCUT2D eigenvalue weighted by Gasteiger charge is 2.24. The quantitative estimate of drug-likeness (QED) is 0.204. The minimum absolute atomic E-state index is 0.0922. The largest absolute Gasteiger partial charge is 0.490 e. The van der Waals surface area contributed by atoms with Gasteiger partial charge in [-0.15, -0.1) is 0 Å². The van der Waals surface area contributed by atoms with E-state index in [9.17, 15) is 10.1 Å². The van der Waals surface area contributed by atoms with Crippen molar-refractivity contribution in [3.8, 4) is 17.6 Å². The fraction of sp³-hybridized carbons (Fsp3) is 0.385. The van der Waals surface area contributed by atoms with Crippen molar-refractivity contribution in [1.29, 1.82) is 5.26 Å². The normalized spacial score (nSPS) is 18.3. The van der Waals surface area contributed by atoms with Crippen LogP contribution < -0.4 is 14.8 Å². The van der Waals surface area contributed by atoms with Gasteiger partial charge in [0.1, 0.15) is 18.2 Å². The lowest BCUT2D eigenvalue weighted by Gasteiger charge is -2.29. The van der Waals surface area contributed by atoms with Crippen LogP contribution in [0.2, 0.25) is 0 Å². The second kappa shape index (κ2) is 12.4. The van der Waals surface area contributed by atoms with E-state index in [0.29, 0.717) is 30.6 Å². The summed E-state index contributed by atoms with van der Waals surface area (Å²) in [4.78, 5) is 12.8. The first-order chi connectivity index (χ1) is 15.9. The van der Waals surface area contributed by atoms with Crippen molar-refractivity contribution in [2.45, 2.75) is 52.2 Å². The van der Waals surface area contributed by atoms with Gasteiger partial charge in [-0.3, -0.25) is 4.79 Å². The highest BCUT2D eigenvalue weighted by atomic mass is 127. The monoisotopic (exact) mass is 622 g/mol. The van der Waals surface area contributed by atoms with Crippen molar-refractivity contribution in [2.75, 3.05) is 6.61 Å². The van der Waals surface area contributed by atoms with Gasteiger partial charge in [-0.05, 0) is 89.7 Å². The first-order valence-corrected chi connectivity index (χ1v) is 13.0. The number of nitrogens with zero attached hydrogens (tertiary/aromatic N) is 1. The molecule has 0 radical (unpaired) electrons. The molecule has 1 fully saturated rings. The van der Waals surface area contributed by atoms with Gasteiger partial charge in [0.2, 0.25) is 0 Å². The maximum Gasteiger partial charge on any atom is 0.262 e. The maximum atomic E-state index is 12.8. The van der Waals surface area contributed by atoms with Gasteiger partial charge in [-0.2, -0.15) is 5.26 Å². The Balaban J connectivity index is 1.79. The first-order valence-electron chi connectivity index (χ1n) is 11.2. The highest BCUT2D eigenvalue weighted by molar-refractivity contribution is 14.1. The van der Waals surface area contributed by atoms with Crippen molar-refractivity contribution in [3.05, 3.63) is 61.1 Å². The van der Waals surface area contributed by atoms with Gasteiger partial charge < -0.3 is 14.8 Å². The number of rotatable bonds is 8. The number of ether oxygens (including phenoxy) is 2.